The minimum absolute atomic E-state index is 0.0826. The van der Waals surface area contributed by atoms with Gasteiger partial charge in [-0.15, -0.1) is 0 Å². The lowest BCUT2D eigenvalue weighted by molar-refractivity contribution is -0.117. The van der Waals surface area contributed by atoms with Crippen LogP contribution in [0.5, 0.6) is 0 Å². The fourth-order valence-electron chi connectivity index (χ4n) is 6.24. The summed E-state index contributed by atoms with van der Waals surface area (Å²) >= 11 is 12.9. The first-order chi connectivity index (χ1) is 17.4. The predicted molar refractivity (Wildman–Crippen MR) is 133 cm³/mol. The van der Waals surface area contributed by atoms with Gasteiger partial charge in [-0.05, 0) is 74.6 Å². The summed E-state index contributed by atoms with van der Waals surface area (Å²) < 4.78 is 27.1. The molecule has 2 aromatic carbocycles. The van der Waals surface area contributed by atoms with Crippen molar-refractivity contribution in [2.75, 3.05) is 0 Å². The van der Waals surface area contributed by atoms with Crippen molar-refractivity contribution in [2.24, 2.45) is 11.8 Å². The summed E-state index contributed by atoms with van der Waals surface area (Å²) in [6.45, 7) is 0.306. The summed E-state index contributed by atoms with van der Waals surface area (Å²) in [6.07, 6.45) is 4.88. The van der Waals surface area contributed by atoms with E-state index < -0.39 is 11.4 Å². The molecule has 4 atom stereocenters. The predicted octanol–water partition coefficient (Wildman–Crippen LogP) is 7.13. The van der Waals surface area contributed by atoms with E-state index in [-0.39, 0.29) is 29.1 Å². The maximum absolute atomic E-state index is 14.9. The molecule has 2 unspecified atom stereocenters. The lowest BCUT2D eigenvalue weighted by Crippen LogP contribution is -2.45. The molecule has 3 aliphatic rings. The smallest absolute Gasteiger partial charge is 0.145 e. The first kappa shape index (κ1) is 23.9. The van der Waals surface area contributed by atoms with Gasteiger partial charge < -0.3 is 14.4 Å². The topological polar surface area (TPSA) is 79.3 Å². The molecule has 0 aliphatic heterocycles. The van der Waals surface area contributed by atoms with Gasteiger partial charge in [0, 0.05) is 22.6 Å². The molecular formula is C28H25Cl2FN2O3. The van der Waals surface area contributed by atoms with Gasteiger partial charge in [0.05, 0.1) is 40.0 Å². The third kappa shape index (κ3) is 3.94. The van der Waals surface area contributed by atoms with Gasteiger partial charge in [-0.1, -0.05) is 40.5 Å². The van der Waals surface area contributed by atoms with Crippen LogP contribution >= 0.6 is 23.2 Å². The van der Waals surface area contributed by atoms with Crippen LogP contribution in [0.2, 0.25) is 10.0 Å². The maximum atomic E-state index is 14.9. The highest BCUT2D eigenvalue weighted by Gasteiger charge is 2.55. The van der Waals surface area contributed by atoms with Crippen molar-refractivity contribution in [3.05, 3.63) is 74.7 Å². The van der Waals surface area contributed by atoms with E-state index in [4.69, 9.17) is 37.7 Å². The number of rotatable bonds is 6. The van der Waals surface area contributed by atoms with E-state index in [1.54, 1.807) is 30.3 Å². The largest absolute Gasteiger partial charge is 0.384 e. The van der Waals surface area contributed by atoms with Gasteiger partial charge in [-0.3, -0.25) is 0 Å². The van der Waals surface area contributed by atoms with Gasteiger partial charge in [0.15, 0.2) is 0 Å². The molecule has 3 aliphatic carbocycles. The third-order valence-corrected chi connectivity index (χ3v) is 8.79. The van der Waals surface area contributed by atoms with Crippen LogP contribution in [0.3, 0.4) is 0 Å². The van der Waals surface area contributed by atoms with Gasteiger partial charge in [-0.25, -0.2) is 4.39 Å². The Bertz CT molecular complexity index is 1330. The monoisotopic (exact) mass is 526 g/mol. The SMILES string of the molecule is N#Cc1ccc(C2(O)[C@@H]3CC[C@H]2CC(OCc2c(-c4c(Cl)cccc4Cl)noc2C2CC2)C3)c(F)c1. The fourth-order valence-corrected chi connectivity index (χ4v) is 6.81. The lowest BCUT2D eigenvalue weighted by Gasteiger charge is -2.43. The van der Waals surface area contributed by atoms with E-state index in [1.807, 2.05) is 6.07 Å². The van der Waals surface area contributed by atoms with Crippen LogP contribution < -0.4 is 0 Å². The van der Waals surface area contributed by atoms with Crippen molar-refractivity contribution in [3.63, 3.8) is 0 Å². The van der Waals surface area contributed by atoms with Gasteiger partial charge >= 0.3 is 0 Å². The Balaban J connectivity index is 1.24. The molecule has 1 N–H and O–H groups in total. The van der Waals surface area contributed by atoms with Gasteiger partial charge in [-0.2, -0.15) is 5.26 Å². The Labute approximate surface area is 218 Å². The molecule has 0 saturated heterocycles. The molecule has 0 amide bonds. The van der Waals surface area contributed by atoms with Crippen molar-refractivity contribution in [1.29, 1.82) is 5.26 Å². The molecule has 5 nitrogen and oxygen atoms in total. The summed E-state index contributed by atoms with van der Waals surface area (Å²) in [6, 6.07) is 11.7. The summed E-state index contributed by atoms with van der Waals surface area (Å²) in [4.78, 5) is 0. The number of aliphatic hydroxyl groups is 1. The van der Waals surface area contributed by atoms with E-state index in [9.17, 15) is 9.50 Å². The standard InChI is InChI=1S/C28H25Cl2FN2O3/c29-22-2-1-3-23(30)25(22)26-20(27(36-33-26)16-5-6-16)14-35-19-11-17-7-8-18(12-19)28(17,34)21-9-4-15(13-32)10-24(21)31/h1-4,9-10,16-19,34H,5-8,11-12,14H2/t17-,18+,19?,28?. The molecule has 6 rings (SSSR count). The number of hydrogen-bond acceptors (Lipinski definition) is 5. The number of nitriles is 1. The van der Waals surface area contributed by atoms with Gasteiger partial charge in [0.1, 0.15) is 17.3 Å². The molecule has 0 spiro atoms. The zero-order valence-corrected chi connectivity index (χ0v) is 21.0. The first-order valence-corrected chi connectivity index (χ1v) is 13.1. The normalized spacial score (nSPS) is 27.2. The second-order valence-corrected chi connectivity index (χ2v) is 11.1. The van der Waals surface area contributed by atoms with Crippen LogP contribution in [0.15, 0.2) is 40.9 Å². The summed E-state index contributed by atoms with van der Waals surface area (Å²) in [7, 11) is 0. The highest BCUT2D eigenvalue weighted by molar-refractivity contribution is 6.39. The molecule has 0 radical (unpaired) electrons. The Kier molecular flexibility index (Phi) is 6.08. The van der Waals surface area contributed by atoms with Crippen molar-refractivity contribution < 1.29 is 18.8 Å². The average molecular weight is 527 g/mol. The Morgan fingerprint density at radius 1 is 1.11 bits per heavy atom. The summed E-state index contributed by atoms with van der Waals surface area (Å²) in [5.74, 6) is 0.403. The molecular weight excluding hydrogens is 502 g/mol. The van der Waals surface area contributed by atoms with Crippen LogP contribution in [0, 0.1) is 29.0 Å². The molecule has 3 aromatic rings. The second kappa shape index (κ2) is 9.15. The molecule has 36 heavy (non-hydrogen) atoms. The fraction of sp³-hybridized carbons (Fsp3) is 0.429. The first-order valence-electron chi connectivity index (χ1n) is 12.4. The van der Waals surface area contributed by atoms with E-state index >= 15 is 0 Å². The molecule has 1 heterocycles. The quantitative estimate of drug-likeness (QED) is 0.369. The molecule has 186 valence electrons. The number of halogens is 3. The minimum Gasteiger partial charge on any atom is -0.384 e. The van der Waals surface area contributed by atoms with Crippen LogP contribution in [0.1, 0.15) is 66.9 Å². The van der Waals surface area contributed by atoms with E-state index in [0.717, 1.165) is 37.0 Å². The van der Waals surface area contributed by atoms with Crippen molar-refractivity contribution in [3.8, 4) is 17.3 Å². The Morgan fingerprint density at radius 2 is 1.81 bits per heavy atom. The third-order valence-electron chi connectivity index (χ3n) is 8.16. The second-order valence-electron chi connectivity index (χ2n) is 10.3. The lowest BCUT2D eigenvalue weighted by atomic mass is 9.69. The number of fused-ring (bicyclic) bond motifs is 2. The van der Waals surface area contributed by atoms with Gasteiger partial charge in [0.2, 0.25) is 0 Å². The van der Waals surface area contributed by atoms with Crippen molar-refractivity contribution in [2.45, 2.75) is 62.8 Å². The Morgan fingerprint density at radius 3 is 2.42 bits per heavy atom. The maximum Gasteiger partial charge on any atom is 0.145 e. The van der Waals surface area contributed by atoms with E-state index in [1.165, 1.54) is 6.07 Å². The van der Waals surface area contributed by atoms with Crippen LogP contribution in [0.25, 0.3) is 11.3 Å². The minimum atomic E-state index is -1.25. The van der Waals surface area contributed by atoms with E-state index in [0.29, 0.717) is 46.7 Å². The van der Waals surface area contributed by atoms with Crippen LogP contribution in [-0.4, -0.2) is 16.4 Å². The number of benzene rings is 2. The zero-order valence-electron chi connectivity index (χ0n) is 19.5. The van der Waals surface area contributed by atoms with Gasteiger partial charge in [0.25, 0.3) is 0 Å². The number of hydrogen-bond donors (Lipinski definition) is 1. The summed E-state index contributed by atoms with van der Waals surface area (Å²) in [5, 5.41) is 26.1. The van der Waals surface area contributed by atoms with Crippen LogP contribution in [0.4, 0.5) is 4.39 Å². The van der Waals surface area contributed by atoms with Crippen LogP contribution in [-0.2, 0) is 16.9 Å². The Hall–Kier alpha value is -2.43. The molecule has 3 fully saturated rings. The molecule has 3 saturated carbocycles. The molecule has 8 heteroatoms. The molecule has 2 bridgehead atoms. The van der Waals surface area contributed by atoms with Crippen molar-refractivity contribution >= 4 is 23.2 Å². The highest BCUT2D eigenvalue weighted by Crippen LogP contribution is 2.56. The zero-order chi connectivity index (χ0) is 25.0. The summed E-state index contributed by atoms with van der Waals surface area (Å²) in [5.41, 5.74) is 1.42. The number of ether oxygens (including phenoxy) is 1. The molecule has 1 aromatic heterocycles. The van der Waals surface area contributed by atoms with Crippen molar-refractivity contribution in [1.82, 2.24) is 5.16 Å². The highest BCUT2D eigenvalue weighted by atomic mass is 35.5. The number of nitrogens with zero attached hydrogens (tertiary/aromatic N) is 2. The van der Waals surface area contributed by atoms with E-state index in [2.05, 4.69) is 5.16 Å². The average Bonchev–Trinajstić information content (AvgIpc) is 3.60. The number of aromatic nitrogens is 1.